The Kier molecular flexibility index (Phi) is 2.46. The van der Waals surface area contributed by atoms with Crippen LogP contribution in [0.2, 0.25) is 0 Å². The standard InChI is InChI=1S/C11H10N4/c1-3-7-15-11(12-13-14-15)10-6-4-5-9(2)8-10/h1,4-6,8H,7H2,2H3. The van der Waals surface area contributed by atoms with Gasteiger partial charge in [-0.1, -0.05) is 29.7 Å². The molecule has 15 heavy (non-hydrogen) atoms. The number of aromatic nitrogens is 4. The Balaban J connectivity index is 2.45. The summed E-state index contributed by atoms with van der Waals surface area (Å²) in [7, 11) is 0. The van der Waals surface area contributed by atoms with Crippen LogP contribution in [0, 0.1) is 19.3 Å². The molecule has 0 radical (unpaired) electrons. The first-order valence-electron chi connectivity index (χ1n) is 4.58. The van der Waals surface area contributed by atoms with Crippen molar-refractivity contribution in [3.63, 3.8) is 0 Å². The van der Waals surface area contributed by atoms with E-state index in [0.717, 1.165) is 5.56 Å². The molecule has 0 atom stereocenters. The number of tetrazole rings is 1. The number of benzene rings is 1. The topological polar surface area (TPSA) is 43.6 Å². The number of hydrogen-bond acceptors (Lipinski definition) is 3. The second kappa shape index (κ2) is 3.93. The molecule has 1 aromatic carbocycles. The van der Waals surface area contributed by atoms with E-state index in [1.54, 1.807) is 4.68 Å². The molecule has 0 saturated carbocycles. The van der Waals surface area contributed by atoms with Crippen LogP contribution in [0.3, 0.4) is 0 Å². The molecule has 4 nitrogen and oxygen atoms in total. The van der Waals surface area contributed by atoms with Crippen LogP contribution in [0.4, 0.5) is 0 Å². The van der Waals surface area contributed by atoms with Gasteiger partial charge in [0.25, 0.3) is 0 Å². The van der Waals surface area contributed by atoms with Crippen molar-refractivity contribution in [2.75, 3.05) is 0 Å². The van der Waals surface area contributed by atoms with Gasteiger partial charge in [-0.15, -0.1) is 11.5 Å². The maximum Gasteiger partial charge on any atom is 0.182 e. The van der Waals surface area contributed by atoms with Gasteiger partial charge in [0.2, 0.25) is 0 Å². The highest BCUT2D eigenvalue weighted by atomic mass is 15.5. The molecule has 0 bridgehead atoms. The third kappa shape index (κ3) is 1.86. The van der Waals surface area contributed by atoms with Gasteiger partial charge in [0.05, 0.1) is 0 Å². The first-order valence-corrected chi connectivity index (χ1v) is 4.58. The lowest BCUT2D eigenvalue weighted by atomic mass is 10.1. The predicted molar refractivity (Wildman–Crippen MR) is 56.8 cm³/mol. The first-order chi connectivity index (χ1) is 7.31. The van der Waals surface area contributed by atoms with Gasteiger partial charge in [0.15, 0.2) is 5.82 Å². The zero-order chi connectivity index (χ0) is 10.7. The zero-order valence-corrected chi connectivity index (χ0v) is 8.38. The molecule has 0 saturated heterocycles. The molecule has 2 rings (SSSR count). The highest BCUT2D eigenvalue weighted by molar-refractivity contribution is 5.55. The van der Waals surface area contributed by atoms with Gasteiger partial charge in [-0.2, -0.15) is 0 Å². The minimum atomic E-state index is 0.385. The molecule has 0 aliphatic carbocycles. The van der Waals surface area contributed by atoms with E-state index in [1.807, 2.05) is 31.2 Å². The highest BCUT2D eigenvalue weighted by Gasteiger charge is 2.07. The van der Waals surface area contributed by atoms with Gasteiger partial charge in [-0.25, -0.2) is 4.68 Å². The molecule has 1 aromatic heterocycles. The van der Waals surface area contributed by atoms with Crippen molar-refractivity contribution >= 4 is 0 Å². The molecule has 0 unspecified atom stereocenters. The van der Waals surface area contributed by atoms with E-state index >= 15 is 0 Å². The van der Waals surface area contributed by atoms with Gasteiger partial charge in [0, 0.05) is 5.56 Å². The third-order valence-electron chi connectivity index (χ3n) is 2.05. The van der Waals surface area contributed by atoms with E-state index in [0.29, 0.717) is 12.4 Å². The average molecular weight is 198 g/mol. The maximum atomic E-state index is 5.23. The monoisotopic (exact) mass is 198 g/mol. The van der Waals surface area contributed by atoms with Crippen LogP contribution in [0.25, 0.3) is 11.4 Å². The van der Waals surface area contributed by atoms with Gasteiger partial charge >= 0.3 is 0 Å². The van der Waals surface area contributed by atoms with Gasteiger partial charge in [0.1, 0.15) is 6.54 Å². The van der Waals surface area contributed by atoms with Gasteiger partial charge in [-0.05, 0) is 23.4 Å². The lowest BCUT2D eigenvalue weighted by Gasteiger charge is -2.01. The quantitative estimate of drug-likeness (QED) is 0.683. The second-order valence-corrected chi connectivity index (χ2v) is 3.23. The summed E-state index contributed by atoms with van der Waals surface area (Å²) in [6.07, 6.45) is 5.23. The number of rotatable bonds is 2. The van der Waals surface area contributed by atoms with E-state index in [9.17, 15) is 0 Å². The molecular weight excluding hydrogens is 188 g/mol. The molecule has 1 heterocycles. The molecular formula is C11H10N4. The lowest BCUT2D eigenvalue weighted by molar-refractivity contribution is 0.675. The Morgan fingerprint density at radius 1 is 1.47 bits per heavy atom. The van der Waals surface area contributed by atoms with Crippen LogP contribution < -0.4 is 0 Å². The van der Waals surface area contributed by atoms with Crippen LogP contribution in [-0.4, -0.2) is 20.2 Å². The summed E-state index contributed by atoms with van der Waals surface area (Å²) in [5.41, 5.74) is 2.15. The summed E-state index contributed by atoms with van der Waals surface area (Å²) >= 11 is 0. The normalized spacial score (nSPS) is 9.87. The molecule has 0 amide bonds. The van der Waals surface area contributed by atoms with Gasteiger partial charge in [-0.3, -0.25) is 0 Å². The summed E-state index contributed by atoms with van der Waals surface area (Å²) in [5, 5.41) is 11.4. The van der Waals surface area contributed by atoms with E-state index in [-0.39, 0.29) is 0 Å². The van der Waals surface area contributed by atoms with Crippen LogP contribution >= 0.6 is 0 Å². The fraction of sp³-hybridized carbons (Fsp3) is 0.182. The minimum absolute atomic E-state index is 0.385. The van der Waals surface area contributed by atoms with Crippen molar-refractivity contribution < 1.29 is 0 Å². The van der Waals surface area contributed by atoms with Crippen molar-refractivity contribution in [1.29, 1.82) is 0 Å². The summed E-state index contributed by atoms with van der Waals surface area (Å²) in [6, 6.07) is 7.99. The fourth-order valence-corrected chi connectivity index (χ4v) is 1.39. The van der Waals surface area contributed by atoms with Crippen LogP contribution in [0.5, 0.6) is 0 Å². The van der Waals surface area contributed by atoms with Crippen molar-refractivity contribution in [2.45, 2.75) is 13.5 Å². The molecule has 2 aromatic rings. The molecule has 0 aliphatic rings. The zero-order valence-electron chi connectivity index (χ0n) is 8.38. The molecule has 74 valence electrons. The second-order valence-electron chi connectivity index (χ2n) is 3.23. The third-order valence-corrected chi connectivity index (χ3v) is 2.05. The Bertz CT molecular complexity index is 507. The average Bonchev–Trinajstić information content (AvgIpc) is 2.66. The van der Waals surface area contributed by atoms with E-state index in [4.69, 9.17) is 6.42 Å². The van der Waals surface area contributed by atoms with Crippen molar-refractivity contribution in [3.05, 3.63) is 29.8 Å². The van der Waals surface area contributed by atoms with E-state index in [2.05, 4.69) is 21.4 Å². The van der Waals surface area contributed by atoms with Crippen molar-refractivity contribution in [3.8, 4) is 23.7 Å². The Hall–Kier alpha value is -2.15. The maximum absolute atomic E-state index is 5.23. The SMILES string of the molecule is C#CCn1nnnc1-c1cccc(C)c1. The molecule has 0 aliphatic heterocycles. The fourth-order valence-electron chi connectivity index (χ4n) is 1.39. The summed E-state index contributed by atoms with van der Waals surface area (Å²) < 4.78 is 1.61. The summed E-state index contributed by atoms with van der Waals surface area (Å²) in [5.74, 6) is 3.22. The highest BCUT2D eigenvalue weighted by Crippen LogP contribution is 2.16. The number of aryl methyl sites for hydroxylation is 1. The molecule has 4 heteroatoms. The first kappa shape index (κ1) is 9.41. The van der Waals surface area contributed by atoms with E-state index in [1.165, 1.54) is 5.56 Å². The Labute approximate surface area is 87.9 Å². The minimum Gasteiger partial charge on any atom is -0.213 e. The number of terminal acetylenes is 1. The van der Waals surface area contributed by atoms with Gasteiger partial charge < -0.3 is 0 Å². The summed E-state index contributed by atoms with van der Waals surface area (Å²) in [6.45, 7) is 2.41. The van der Waals surface area contributed by atoms with Crippen LogP contribution in [-0.2, 0) is 6.54 Å². The van der Waals surface area contributed by atoms with Crippen molar-refractivity contribution in [2.24, 2.45) is 0 Å². The number of nitrogens with zero attached hydrogens (tertiary/aromatic N) is 4. The van der Waals surface area contributed by atoms with Crippen LogP contribution in [0.1, 0.15) is 5.56 Å². The molecule has 0 spiro atoms. The predicted octanol–water partition coefficient (Wildman–Crippen LogP) is 1.28. The summed E-state index contributed by atoms with van der Waals surface area (Å²) in [4.78, 5) is 0. The molecule has 0 N–H and O–H groups in total. The largest absolute Gasteiger partial charge is 0.213 e. The number of hydrogen-bond donors (Lipinski definition) is 0. The Morgan fingerprint density at radius 2 is 2.33 bits per heavy atom. The molecule has 0 fully saturated rings. The van der Waals surface area contributed by atoms with Crippen molar-refractivity contribution in [1.82, 2.24) is 20.2 Å². The van der Waals surface area contributed by atoms with Crippen LogP contribution in [0.15, 0.2) is 24.3 Å². The Morgan fingerprint density at radius 3 is 3.07 bits per heavy atom. The lowest BCUT2D eigenvalue weighted by Crippen LogP contribution is -2.01. The van der Waals surface area contributed by atoms with E-state index < -0.39 is 0 Å². The smallest absolute Gasteiger partial charge is 0.182 e.